The highest BCUT2D eigenvalue weighted by molar-refractivity contribution is 6.30. The topological polar surface area (TPSA) is 58.2 Å². The summed E-state index contributed by atoms with van der Waals surface area (Å²) in [6, 6.07) is 7.78. The molecule has 2 rings (SSSR count). The predicted molar refractivity (Wildman–Crippen MR) is 87.8 cm³/mol. The van der Waals surface area contributed by atoms with Gasteiger partial charge in [-0.1, -0.05) is 43.0 Å². The SMILES string of the molecule is O=C(CC(=O)NC1CCCCC1)NCCc1ccc(Cl)cc1. The number of hydrogen-bond acceptors (Lipinski definition) is 2. The van der Waals surface area contributed by atoms with Crippen LogP contribution in [0.25, 0.3) is 0 Å². The maximum Gasteiger partial charge on any atom is 0.229 e. The number of benzene rings is 1. The van der Waals surface area contributed by atoms with Gasteiger partial charge >= 0.3 is 0 Å². The van der Waals surface area contributed by atoms with Gasteiger partial charge in [-0.25, -0.2) is 0 Å². The van der Waals surface area contributed by atoms with Crippen molar-refractivity contribution < 1.29 is 9.59 Å². The van der Waals surface area contributed by atoms with Gasteiger partial charge in [0.25, 0.3) is 0 Å². The van der Waals surface area contributed by atoms with Crippen LogP contribution in [0.3, 0.4) is 0 Å². The second kappa shape index (κ2) is 8.79. The van der Waals surface area contributed by atoms with Crippen molar-refractivity contribution in [1.82, 2.24) is 10.6 Å². The van der Waals surface area contributed by atoms with Crippen LogP contribution in [0.5, 0.6) is 0 Å². The lowest BCUT2D eigenvalue weighted by Gasteiger charge is -2.22. The molecule has 1 aliphatic carbocycles. The summed E-state index contributed by atoms with van der Waals surface area (Å²) in [7, 11) is 0. The highest BCUT2D eigenvalue weighted by Gasteiger charge is 2.17. The van der Waals surface area contributed by atoms with E-state index in [-0.39, 0.29) is 24.3 Å². The zero-order valence-electron chi connectivity index (χ0n) is 12.7. The minimum Gasteiger partial charge on any atom is -0.355 e. The molecular weight excluding hydrogens is 300 g/mol. The van der Waals surface area contributed by atoms with Crippen LogP contribution in [-0.4, -0.2) is 24.4 Å². The van der Waals surface area contributed by atoms with Gasteiger partial charge in [-0.2, -0.15) is 0 Å². The Bertz CT molecular complexity index is 496. The number of nitrogens with one attached hydrogen (secondary N) is 2. The van der Waals surface area contributed by atoms with Gasteiger partial charge in [0.15, 0.2) is 0 Å². The van der Waals surface area contributed by atoms with E-state index in [0.717, 1.165) is 37.7 Å². The van der Waals surface area contributed by atoms with Crippen molar-refractivity contribution in [3.8, 4) is 0 Å². The lowest BCUT2D eigenvalue weighted by atomic mass is 9.95. The molecule has 1 aromatic carbocycles. The van der Waals surface area contributed by atoms with E-state index in [1.165, 1.54) is 6.42 Å². The molecule has 2 amide bonds. The van der Waals surface area contributed by atoms with Gasteiger partial charge in [-0.15, -0.1) is 0 Å². The predicted octanol–water partition coefficient (Wildman–Crippen LogP) is 2.84. The molecule has 4 nitrogen and oxygen atoms in total. The van der Waals surface area contributed by atoms with Crippen molar-refractivity contribution >= 4 is 23.4 Å². The average Bonchev–Trinajstić information content (AvgIpc) is 2.50. The van der Waals surface area contributed by atoms with Crippen LogP contribution in [0.15, 0.2) is 24.3 Å². The van der Waals surface area contributed by atoms with Gasteiger partial charge in [0.2, 0.25) is 11.8 Å². The van der Waals surface area contributed by atoms with Crippen LogP contribution >= 0.6 is 11.6 Å². The van der Waals surface area contributed by atoms with Crippen LogP contribution in [0.4, 0.5) is 0 Å². The number of hydrogen-bond donors (Lipinski definition) is 2. The third-order valence-corrected chi connectivity index (χ3v) is 4.19. The van der Waals surface area contributed by atoms with Crippen LogP contribution in [0.1, 0.15) is 44.1 Å². The number of halogens is 1. The van der Waals surface area contributed by atoms with E-state index >= 15 is 0 Å². The molecule has 0 aliphatic heterocycles. The summed E-state index contributed by atoms with van der Waals surface area (Å²) in [6.45, 7) is 0.525. The van der Waals surface area contributed by atoms with Crippen LogP contribution in [-0.2, 0) is 16.0 Å². The smallest absolute Gasteiger partial charge is 0.229 e. The summed E-state index contributed by atoms with van der Waals surface area (Å²) in [5, 5.41) is 6.43. The Hall–Kier alpha value is -1.55. The molecule has 0 saturated heterocycles. The Balaban J connectivity index is 1.62. The molecule has 0 heterocycles. The molecule has 0 unspecified atom stereocenters. The first-order valence-corrected chi connectivity index (χ1v) is 8.32. The summed E-state index contributed by atoms with van der Waals surface area (Å²) in [5.41, 5.74) is 1.11. The fourth-order valence-corrected chi connectivity index (χ4v) is 2.86. The Morgan fingerprint density at radius 1 is 1.05 bits per heavy atom. The van der Waals surface area contributed by atoms with Crippen LogP contribution in [0, 0.1) is 0 Å². The maximum atomic E-state index is 11.8. The highest BCUT2D eigenvalue weighted by Crippen LogP contribution is 2.17. The van der Waals surface area contributed by atoms with Crippen molar-refractivity contribution in [3.05, 3.63) is 34.9 Å². The Morgan fingerprint density at radius 3 is 2.41 bits per heavy atom. The van der Waals surface area contributed by atoms with Gasteiger partial charge in [0.1, 0.15) is 6.42 Å². The molecular formula is C17H23ClN2O2. The Kier molecular flexibility index (Phi) is 6.72. The van der Waals surface area contributed by atoms with Crippen LogP contribution < -0.4 is 10.6 Å². The Morgan fingerprint density at radius 2 is 1.73 bits per heavy atom. The van der Waals surface area contributed by atoms with Gasteiger partial charge < -0.3 is 10.6 Å². The lowest BCUT2D eigenvalue weighted by molar-refractivity contribution is -0.129. The first-order valence-electron chi connectivity index (χ1n) is 7.94. The van der Waals surface area contributed by atoms with E-state index in [2.05, 4.69) is 10.6 Å². The molecule has 0 radical (unpaired) electrons. The summed E-state index contributed by atoms with van der Waals surface area (Å²) >= 11 is 5.82. The third kappa shape index (κ3) is 6.06. The van der Waals surface area contributed by atoms with E-state index in [1.807, 2.05) is 24.3 Å². The number of carbonyl (C=O) groups excluding carboxylic acids is 2. The Labute approximate surface area is 136 Å². The first-order chi connectivity index (χ1) is 10.6. The molecule has 1 aliphatic rings. The van der Waals surface area contributed by atoms with E-state index in [0.29, 0.717) is 11.6 Å². The zero-order chi connectivity index (χ0) is 15.8. The molecule has 1 aromatic rings. The molecule has 5 heteroatoms. The molecule has 22 heavy (non-hydrogen) atoms. The molecule has 0 atom stereocenters. The first kappa shape index (κ1) is 16.8. The van der Waals surface area contributed by atoms with E-state index in [9.17, 15) is 9.59 Å². The quantitative estimate of drug-likeness (QED) is 0.791. The minimum atomic E-state index is -0.220. The van der Waals surface area contributed by atoms with E-state index in [4.69, 9.17) is 11.6 Å². The summed E-state index contributed by atoms with van der Waals surface area (Å²) in [4.78, 5) is 23.6. The molecule has 120 valence electrons. The third-order valence-electron chi connectivity index (χ3n) is 3.94. The molecule has 1 fully saturated rings. The molecule has 2 N–H and O–H groups in total. The zero-order valence-corrected chi connectivity index (χ0v) is 13.5. The molecule has 0 aromatic heterocycles. The summed E-state index contributed by atoms with van der Waals surface area (Å²) in [6.07, 6.45) is 6.28. The lowest BCUT2D eigenvalue weighted by Crippen LogP contribution is -2.39. The van der Waals surface area contributed by atoms with Crippen molar-refractivity contribution in [3.63, 3.8) is 0 Å². The minimum absolute atomic E-state index is 0.0862. The van der Waals surface area contributed by atoms with Crippen molar-refractivity contribution in [2.75, 3.05) is 6.54 Å². The molecule has 1 saturated carbocycles. The van der Waals surface area contributed by atoms with Crippen molar-refractivity contribution in [2.24, 2.45) is 0 Å². The largest absolute Gasteiger partial charge is 0.355 e. The number of rotatable bonds is 6. The van der Waals surface area contributed by atoms with Gasteiger partial charge in [0.05, 0.1) is 0 Å². The fourth-order valence-electron chi connectivity index (χ4n) is 2.73. The molecule has 0 spiro atoms. The maximum absolute atomic E-state index is 11.8. The van der Waals surface area contributed by atoms with E-state index in [1.54, 1.807) is 0 Å². The summed E-state index contributed by atoms with van der Waals surface area (Å²) in [5.74, 6) is -0.391. The molecule has 0 bridgehead atoms. The van der Waals surface area contributed by atoms with E-state index < -0.39 is 0 Å². The van der Waals surface area contributed by atoms with Crippen molar-refractivity contribution in [1.29, 1.82) is 0 Å². The number of amides is 2. The fraction of sp³-hybridized carbons (Fsp3) is 0.529. The monoisotopic (exact) mass is 322 g/mol. The number of carbonyl (C=O) groups is 2. The normalized spacial score (nSPS) is 15.3. The second-order valence-electron chi connectivity index (χ2n) is 5.81. The van der Waals surface area contributed by atoms with Crippen molar-refractivity contribution in [2.45, 2.75) is 51.0 Å². The second-order valence-corrected chi connectivity index (χ2v) is 6.24. The average molecular weight is 323 g/mol. The summed E-state index contributed by atoms with van der Waals surface area (Å²) < 4.78 is 0. The van der Waals surface area contributed by atoms with Crippen LogP contribution in [0.2, 0.25) is 5.02 Å². The highest BCUT2D eigenvalue weighted by atomic mass is 35.5. The standard InChI is InChI=1S/C17H23ClN2O2/c18-14-8-6-13(7-9-14)10-11-19-16(21)12-17(22)20-15-4-2-1-3-5-15/h6-9,15H,1-5,10-12H2,(H,19,21)(H,20,22). The van der Waals surface area contributed by atoms with Gasteiger partial charge in [-0.05, 0) is 37.0 Å². The van der Waals surface area contributed by atoms with Gasteiger partial charge in [0, 0.05) is 17.6 Å². The van der Waals surface area contributed by atoms with Gasteiger partial charge in [-0.3, -0.25) is 9.59 Å².